The van der Waals surface area contributed by atoms with Crippen LogP contribution in [0.2, 0.25) is 0 Å². The highest BCUT2D eigenvalue weighted by Crippen LogP contribution is 2.37. The molecule has 2 unspecified atom stereocenters. The van der Waals surface area contributed by atoms with Crippen molar-refractivity contribution in [2.75, 3.05) is 6.61 Å². The Morgan fingerprint density at radius 2 is 2.42 bits per heavy atom. The summed E-state index contributed by atoms with van der Waals surface area (Å²) in [5.41, 5.74) is 1.81. The van der Waals surface area contributed by atoms with Gasteiger partial charge in [0.05, 0.1) is 12.7 Å². The van der Waals surface area contributed by atoms with Crippen molar-refractivity contribution in [2.45, 2.75) is 32.1 Å². The second-order valence-corrected chi connectivity index (χ2v) is 4.70. The number of hydrogen-bond donors (Lipinski definition) is 0. The molecule has 0 spiro atoms. The topological polar surface area (TPSA) is 50.1 Å². The Balaban J connectivity index is 2.34. The quantitative estimate of drug-likeness (QED) is 0.786. The predicted octanol–water partition coefficient (Wildman–Crippen LogP) is 2.95. The molecule has 19 heavy (non-hydrogen) atoms. The Hall–Kier alpha value is -1.89. The van der Waals surface area contributed by atoms with Crippen LogP contribution in [0.3, 0.4) is 0 Å². The van der Waals surface area contributed by atoms with Gasteiger partial charge in [-0.1, -0.05) is 6.07 Å². The Kier molecular flexibility index (Phi) is 4.16. The molecule has 1 aromatic rings. The molecule has 0 saturated carbocycles. The Bertz CT molecular complexity index is 521. The highest BCUT2D eigenvalue weighted by molar-refractivity contribution is 5.76. The zero-order valence-electron chi connectivity index (χ0n) is 10.9. The molecule has 0 heterocycles. The van der Waals surface area contributed by atoms with E-state index in [0.29, 0.717) is 6.42 Å². The molecule has 100 valence electrons. The number of benzene rings is 1. The van der Waals surface area contributed by atoms with Crippen LogP contribution in [-0.2, 0) is 16.0 Å². The molecule has 0 saturated heterocycles. The summed E-state index contributed by atoms with van der Waals surface area (Å²) in [6.45, 7) is 1.96. The number of hydrogen-bond acceptors (Lipinski definition) is 3. The number of nitrogens with zero attached hydrogens (tertiary/aromatic N) is 1. The molecule has 0 aromatic heterocycles. The predicted molar refractivity (Wildman–Crippen MR) is 67.8 cm³/mol. The number of carbonyl (C=O) groups is 1. The molecule has 0 fully saturated rings. The molecule has 0 amide bonds. The zero-order chi connectivity index (χ0) is 13.8. The summed E-state index contributed by atoms with van der Waals surface area (Å²) in [7, 11) is 0. The number of aryl methyl sites for hydroxylation is 1. The van der Waals surface area contributed by atoms with Crippen LogP contribution in [-0.4, -0.2) is 12.6 Å². The monoisotopic (exact) mass is 261 g/mol. The SMILES string of the molecule is CCOC(=O)C(C#N)C1CCCc2ccc(F)cc21. The van der Waals surface area contributed by atoms with Crippen molar-refractivity contribution < 1.29 is 13.9 Å². The lowest BCUT2D eigenvalue weighted by atomic mass is 9.76. The number of carbonyl (C=O) groups excluding carboxylic acids is 1. The first-order valence-corrected chi connectivity index (χ1v) is 6.52. The number of rotatable bonds is 3. The molecule has 3 nitrogen and oxygen atoms in total. The Morgan fingerprint density at radius 3 is 3.11 bits per heavy atom. The minimum Gasteiger partial charge on any atom is -0.465 e. The summed E-state index contributed by atoms with van der Waals surface area (Å²) in [6.07, 6.45) is 2.49. The van der Waals surface area contributed by atoms with Crippen molar-refractivity contribution in [3.05, 3.63) is 35.1 Å². The molecule has 0 N–H and O–H groups in total. The first-order valence-electron chi connectivity index (χ1n) is 6.52. The van der Waals surface area contributed by atoms with Crippen molar-refractivity contribution in [3.63, 3.8) is 0 Å². The molecular formula is C15H16FNO2. The van der Waals surface area contributed by atoms with Gasteiger partial charge in [0, 0.05) is 5.92 Å². The third-order valence-electron chi connectivity index (χ3n) is 3.55. The fourth-order valence-electron chi connectivity index (χ4n) is 2.69. The van der Waals surface area contributed by atoms with Crippen LogP contribution in [0.4, 0.5) is 4.39 Å². The molecule has 0 bridgehead atoms. The summed E-state index contributed by atoms with van der Waals surface area (Å²) in [4.78, 5) is 11.8. The number of esters is 1. The van der Waals surface area contributed by atoms with Crippen LogP contribution in [0.5, 0.6) is 0 Å². The Morgan fingerprint density at radius 1 is 1.63 bits per heavy atom. The maximum absolute atomic E-state index is 13.4. The lowest BCUT2D eigenvalue weighted by molar-refractivity contribution is -0.146. The van der Waals surface area contributed by atoms with Gasteiger partial charge >= 0.3 is 5.97 Å². The molecule has 1 aliphatic rings. The van der Waals surface area contributed by atoms with Gasteiger partial charge in [0.25, 0.3) is 0 Å². The molecular weight excluding hydrogens is 245 g/mol. The minimum atomic E-state index is -0.846. The van der Waals surface area contributed by atoms with E-state index >= 15 is 0 Å². The van der Waals surface area contributed by atoms with E-state index in [1.54, 1.807) is 13.0 Å². The maximum atomic E-state index is 13.4. The standard InChI is InChI=1S/C15H16FNO2/c1-2-19-15(18)14(9-17)12-5-3-4-10-6-7-11(16)8-13(10)12/h6-8,12,14H,2-5H2,1H3. The van der Waals surface area contributed by atoms with Gasteiger partial charge in [-0.3, -0.25) is 4.79 Å². The fourth-order valence-corrected chi connectivity index (χ4v) is 2.69. The third kappa shape index (κ3) is 2.76. The van der Waals surface area contributed by atoms with Gasteiger partial charge in [-0.25, -0.2) is 4.39 Å². The molecule has 1 aliphatic carbocycles. The maximum Gasteiger partial charge on any atom is 0.323 e. The van der Waals surface area contributed by atoms with E-state index < -0.39 is 11.9 Å². The lowest BCUT2D eigenvalue weighted by Crippen LogP contribution is -2.26. The average molecular weight is 261 g/mol. The van der Waals surface area contributed by atoms with Crippen LogP contribution >= 0.6 is 0 Å². The van der Waals surface area contributed by atoms with Crippen LogP contribution in [0, 0.1) is 23.1 Å². The second-order valence-electron chi connectivity index (χ2n) is 4.70. The van der Waals surface area contributed by atoms with Gasteiger partial charge in [-0.05, 0) is 49.4 Å². The van der Waals surface area contributed by atoms with E-state index in [9.17, 15) is 14.4 Å². The van der Waals surface area contributed by atoms with Crippen molar-refractivity contribution >= 4 is 5.97 Å². The number of halogens is 1. The van der Waals surface area contributed by atoms with Gasteiger partial charge in [-0.15, -0.1) is 0 Å². The van der Waals surface area contributed by atoms with Crippen LogP contribution in [0.15, 0.2) is 18.2 Å². The van der Waals surface area contributed by atoms with E-state index in [0.717, 1.165) is 24.0 Å². The number of nitriles is 1. The average Bonchev–Trinajstić information content (AvgIpc) is 2.40. The van der Waals surface area contributed by atoms with Crippen molar-refractivity contribution in [2.24, 2.45) is 5.92 Å². The largest absolute Gasteiger partial charge is 0.465 e. The summed E-state index contributed by atoms with van der Waals surface area (Å²) >= 11 is 0. The van der Waals surface area contributed by atoms with E-state index in [1.165, 1.54) is 12.1 Å². The highest BCUT2D eigenvalue weighted by atomic mass is 19.1. The first-order chi connectivity index (χ1) is 9.17. The molecule has 0 aliphatic heterocycles. The van der Waals surface area contributed by atoms with Crippen molar-refractivity contribution in [1.82, 2.24) is 0 Å². The van der Waals surface area contributed by atoms with Gasteiger partial charge in [0.2, 0.25) is 0 Å². The summed E-state index contributed by atoms with van der Waals surface area (Å²) < 4.78 is 18.3. The highest BCUT2D eigenvalue weighted by Gasteiger charge is 2.34. The van der Waals surface area contributed by atoms with E-state index in [2.05, 4.69) is 0 Å². The summed E-state index contributed by atoms with van der Waals surface area (Å²) in [6, 6.07) is 6.64. The smallest absolute Gasteiger partial charge is 0.323 e. The third-order valence-corrected chi connectivity index (χ3v) is 3.55. The Labute approximate surface area is 112 Å². The minimum absolute atomic E-state index is 0.250. The van der Waals surface area contributed by atoms with Crippen LogP contribution < -0.4 is 0 Å². The normalized spacial score (nSPS) is 19.1. The number of ether oxygens (including phenoxy) is 1. The number of fused-ring (bicyclic) bond motifs is 1. The molecule has 1 aromatic carbocycles. The lowest BCUT2D eigenvalue weighted by Gasteiger charge is -2.27. The zero-order valence-corrected chi connectivity index (χ0v) is 10.9. The van der Waals surface area contributed by atoms with E-state index in [1.807, 2.05) is 6.07 Å². The molecule has 4 heteroatoms. The van der Waals surface area contributed by atoms with Crippen LogP contribution in [0.25, 0.3) is 0 Å². The van der Waals surface area contributed by atoms with Gasteiger partial charge in [0.1, 0.15) is 5.82 Å². The van der Waals surface area contributed by atoms with E-state index in [-0.39, 0.29) is 18.3 Å². The summed E-state index contributed by atoms with van der Waals surface area (Å²) in [5, 5.41) is 9.23. The van der Waals surface area contributed by atoms with Crippen molar-refractivity contribution in [1.29, 1.82) is 5.26 Å². The van der Waals surface area contributed by atoms with E-state index in [4.69, 9.17) is 4.74 Å². The van der Waals surface area contributed by atoms with Crippen molar-refractivity contribution in [3.8, 4) is 6.07 Å². The molecule has 2 atom stereocenters. The summed E-state index contributed by atoms with van der Waals surface area (Å²) in [5.74, 6) is -1.94. The van der Waals surface area contributed by atoms with Gasteiger partial charge in [0.15, 0.2) is 5.92 Å². The molecule has 2 rings (SSSR count). The fraction of sp³-hybridized carbons (Fsp3) is 0.467. The first kappa shape index (κ1) is 13.5. The van der Waals surface area contributed by atoms with Crippen LogP contribution in [0.1, 0.15) is 36.8 Å². The second kappa shape index (κ2) is 5.83. The molecule has 0 radical (unpaired) electrons. The van der Waals surface area contributed by atoms with Gasteiger partial charge in [-0.2, -0.15) is 5.26 Å². The van der Waals surface area contributed by atoms with Gasteiger partial charge < -0.3 is 4.74 Å².